The highest BCUT2D eigenvalue weighted by atomic mass is 16.5. The summed E-state index contributed by atoms with van der Waals surface area (Å²) in [7, 11) is 0. The van der Waals surface area contributed by atoms with Crippen molar-refractivity contribution < 1.29 is 9.53 Å². The molecule has 1 saturated carbocycles. The molecule has 2 N–H and O–H groups in total. The van der Waals surface area contributed by atoms with Crippen molar-refractivity contribution in [3.05, 3.63) is 29.8 Å². The Balaban J connectivity index is 1.62. The molecule has 116 valence electrons. The van der Waals surface area contributed by atoms with Crippen LogP contribution in [0.5, 0.6) is 5.75 Å². The summed E-state index contributed by atoms with van der Waals surface area (Å²) in [5, 5.41) is 6.27. The van der Waals surface area contributed by atoms with Crippen LogP contribution in [-0.4, -0.2) is 31.1 Å². The summed E-state index contributed by atoms with van der Waals surface area (Å²) in [6.45, 7) is 4.89. The van der Waals surface area contributed by atoms with Crippen molar-refractivity contribution in [2.45, 2.75) is 51.6 Å². The van der Waals surface area contributed by atoms with Crippen LogP contribution in [0.25, 0.3) is 0 Å². The zero-order chi connectivity index (χ0) is 15.1. The van der Waals surface area contributed by atoms with Gasteiger partial charge in [0.1, 0.15) is 12.4 Å². The first kappa shape index (κ1) is 15.8. The van der Waals surface area contributed by atoms with Crippen LogP contribution < -0.4 is 15.4 Å². The zero-order valence-electron chi connectivity index (χ0n) is 13.0. The lowest BCUT2D eigenvalue weighted by Gasteiger charge is -2.17. The molecule has 1 unspecified atom stereocenters. The number of aryl methyl sites for hydroxylation is 1. The van der Waals surface area contributed by atoms with Gasteiger partial charge in [-0.15, -0.1) is 0 Å². The zero-order valence-corrected chi connectivity index (χ0v) is 13.0. The highest BCUT2D eigenvalue weighted by Crippen LogP contribution is 2.17. The van der Waals surface area contributed by atoms with Crippen molar-refractivity contribution in [2.24, 2.45) is 0 Å². The average molecular weight is 290 g/mol. The molecule has 1 fully saturated rings. The van der Waals surface area contributed by atoms with Crippen LogP contribution in [0.4, 0.5) is 0 Å². The minimum Gasteiger partial charge on any atom is -0.491 e. The fraction of sp³-hybridized carbons (Fsp3) is 0.588. The Morgan fingerprint density at radius 3 is 2.62 bits per heavy atom. The van der Waals surface area contributed by atoms with Crippen LogP contribution in [0.15, 0.2) is 24.3 Å². The number of hydrogen-bond donors (Lipinski definition) is 2. The summed E-state index contributed by atoms with van der Waals surface area (Å²) in [4.78, 5) is 11.8. The van der Waals surface area contributed by atoms with E-state index in [4.69, 9.17) is 4.74 Å². The van der Waals surface area contributed by atoms with E-state index in [1.54, 1.807) is 0 Å². The number of benzene rings is 1. The first-order valence-electron chi connectivity index (χ1n) is 7.85. The van der Waals surface area contributed by atoms with E-state index in [-0.39, 0.29) is 11.9 Å². The number of rotatable bonds is 7. The van der Waals surface area contributed by atoms with Crippen LogP contribution in [-0.2, 0) is 4.79 Å². The highest BCUT2D eigenvalue weighted by molar-refractivity contribution is 5.78. The quantitative estimate of drug-likeness (QED) is 0.811. The van der Waals surface area contributed by atoms with Gasteiger partial charge in [0, 0.05) is 6.04 Å². The molecule has 4 nitrogen and oxygen atoms in total. The molecule has 4 heteroatoms. The van der Waals surface area contributed by atoms with E-state index in [2.05, 4.69) is 10.6 Å². The minimum atomic E-state index is 0.00387. The molecule has 2 rings (SSSR count). The van der Waals surface area contributed by atoms with Gasteiger partial charge < -0.3 is 15.4 Å². The molecule has 0 radical (unpaired) electrons. The summed E-state index contributed by atoms with van der Waals surface area (Å²) in [5.74, 6) is 0.882. The van der Waals surface area contributed by atoms with Crippen LogP contribution in [0.3, 0.4) is 0 Å². The van der Waals surface area contributed by atoms with Crippen LogP contribution >= 0.6 is 0 Å². The van der Waals surface area contributed by atoms with Crippen molar-refractivity contribution in [1.82, 2.24) is 10.6 Å². The van der Waals surface area contributed by atoms with E-state index < -0.39 is 0 Å². The summed E-state index contributed by atoms with van der Waals surface area (Å²) < 4.78 is 5.67. The predicted octanol–water partition coefficient (Wildman–Crippen LogP) is 2.41. The van der Waals surface area contributed by atoms with Crippen molar-refractivity contribution in [1.29, 1.82) is 0 Å². The number of hydrogen-bond acceptors (Lipinski definition) is 3. The Kier molecular flexibility index (Phi) is 6.05. The smallest absolute Gasteiger partial charge is 0.234 e. The third-order valence-corrected chi connectivity index (χ3v) is 3.83. The SMILES string of the molecule is Cc1ccc(OCC(C)NC(=O)CNC2CCCC2)cc1. The monoisotopic (exact) mass is 290 g/mol. The molecule has 1 aromatic rings. The van der Waals surface area contributed by atoms with Crippen molar-refractivity contribution in [3.8, 4) is 5.75 Å². The number of ether oxygens (including phenoxy) is 1. The molecule has 0 saturated heterocycles. The molecule has 0 heterocycles. The molecule has 0 aliphatic heterocycles. The lowest BCUT2D eigenvalue weighted by molar-refractivity contribution is -0.121. The number of amides is 1. The third kappa shape index (κ3) is 5.76. The second-order valence-electron chi connectivity index (χ2n) is 5.95. The van der Waals surface area contributed by atoms with Crippen LogP contribution in [0.1, 0.15) is 38.2 Å². The summed E-state index contributed by atoms with van der Waals surface area (Å²) >= 11 is 0. The molecular formula is C17H26N2O2. The second-order valence-corrected chi connectivity index (χ2v) is 5.95. The Labute approximate surface area is 127 Å². The van der Waals surface area contributed by atoms with E-state index in [1.165, 1.54) is 31.2 Å². The largest absolute Gasteiger partial charge is 0.491 e. The average Bonchev–Trinajstić information content (AvgIpc) is 2.98. The van der Waals surface area contributed by atoms with Gasteiger partial charge in [-0.25, -0.2) is 0 Å². The predicted molar refractivity (Wildman–Crippen MR) is 84.5 cm³/mol. The van der Waals surface area contributed by atoms with Gasteiger partial charge >= 0.3 is 0 Å². The fourth-order valence-corrected chi connectivity index (χ4v) is 2.59. The molecule has 1 amide bonds. The maximum atomic E-state index is 11.8. The van der Waals surface area contributed by atoms with Gasteiger partial charge in [-0.05, 0) is 38.8 Å². The molecule has 0 aromatic heterocycles. The van der Waals surface area contributed by atoms with E-state index in [0.717, 1.165) is 5.75 Å². The maximum absolute atomic E-state index is 11.8. The molecule has 0 spiro atoms. The van der Waals surface area contributed by atoms with Gasteiger partial charge in [0.05, 0.1) is 12.6 Å². The Bertz CT molecular complexity index is 439. The lowest BCUT2D eigenvalue weighted by atomic mass is 10.2. The molecule has 0 bridgehead atoms. The van der Waals surface area contributed by atoms with Gasteiger partial charge in [0.25, 0.3) is 0 Å². The van der Waals surface area contributed by atoms with E-state index in [9.17, 15) is 4.79 Å². The standard InChI is InChI=1S/C17H26N2O2/c1-13-7-9-16(10-8-13)21-12-14(2)19-17(20)11-18-15-5-3-4-6-15/h7-10,14-15,18H,3-6,11-12H2,1-2H3,(H,19,20). The molecule has 1 atom stereocenters. The fourth-order valence-electron chi connectivity index (χ4n) is 2.59. The van der Waals surface area contributed by atoms with E-state index >= 15 is 0 Å². The first-order chi connectivity index (χ1) is 10.1. The summed E-state index contributed by atoms with van der Waals surface area (Å²) in [5.41, 5.74) is 1.21. The van der Waals surface area contributed by atoms with Gasteiger partial charge in [-0.2, -0.15) is 0 Å². The van der Waals surface area contributed by atoms with Gasteiger partial charge in [-0.3, -0.25) is 4.79 Å². The number of carbonyl (C=O) groups is 1. The summed E-state index contributed by atoms with van der Waals surface area (Å²) in [6, 6.07) is 8.46. The Morgan fingerprint density at radius 2 is 1.95 bits per heavy atom. The van der Waals surface area contributed by atoms with Gasteiger partial charge in [0.15, 0.2) is 0 Å². The maximum Gasteiger partial charge on any atom is 0.234 e. The van der Waals surface area contributed by atoms with Crippen molar-refractivity contribution in [2.75, 3.05) is 13.2 Å². The number of nitrogens with one attached hydrogen (secondary N) is 2. The Morgan fingerprint density at radius 1 is 1.29 bits per heavy atom. The molecular weight excluding hydrogens is 264 g/mol. The van der Waals surface area contributed by atoms with Crippen LogP contribution in [0, 0.1) is 6.92 Å². The van der Waals surface area contributed by atoms with E-state index in [0.29, 0.717) is 19.2 Å². The summed E-state index contributed by atoms with van der Waals surface area (Å²) in [6.07, 6.45) is 4.94. The lowest BCUT2D eigenvalue weighted by Crippen LogP contribution is -2.43. The molecule has 21 heavy (non-hydrogen) atoms. The first-order valence-corrected chi connectivity index (χ1v) is 7.85. The van der Waals surface area contributed by atoms with Crippen LogP contribution in [0.2, 0.25) is 0 Å². The highest BCUT2D eigenvalue weighted by Gasteiger charge is 2.16. The molecule has 1 aromatic carbocycles. The third-order valence-electron chi connectivity index (χ3n) is 3.83. The normalized spacial score (nSPS) is 16.7. The second kappa shape index (κ2) is 8.03. The number of carbonyl (C=O) groups excluding carboxylic acids is 1. The van der Waals surface area contributed by atoms with Crippen molar-refractivity contribution >= 4 is 5.91 Å². The topological polar surface area (TPSA) is 50.4 Å². The van der Waals surface area contributed by atoms with Gasteiger partial charge in [0.2, 0.25) is 5.91 Å². The molecule has 1 aliphatic carbocycles. The van der Waals surface area contributed by atoms with E-state index in [1.807, 2.05) is 38.1 Å². The minimum absolute atomic E-state index is 0.00387. The van der Waals surface area contributed by atoms with Gasteiger partial charge in [-0.1, -0.05) is 30.5 Å². The Hall–Kier alpha value is -1.55. The molecule has 1 aliphatic rings. The van der Waals surface area contributed by atoms with Crippen molar-refractivity contribution in [3.63, 3.8) is 0 Å².